The van der Waals surface area contributed by atoms with E-state index in [2.05, 4.69) is 41.5 Å². The second-order valence-electron chi connectivity index (χ2n) is 6.07. The summed E-state index contributed by atoms with van der Waals surface area (Å²) in [5.74, 6) is 1.02. The Morgan fingerprint density at radius 2 is 2.20 bits per heavy atom. The van der Waals surface area contributed by atoms with Crippen molar-refractivity contribution in [3.8, 4) is 0 Å². The second-order valence-corrected chi connectivity index (χ2v) is 6.07. The van der Waals surface area contributed by atoms with E-state index in [-0.39, 0.29) is 0 Å². The summed E-state index contributed by atoms with van der Waals surface area (Å²) in [4.78, 5) is 13.9. The molecule has 2 aliphatic carbocycles. The predicted octanol–water partition coefficient (Wildman–Crippen LogP) is 3.78. The van der Waals surface area contributed by atoms with Crippen molar-refractivity contribution in [2.75, 3.05) is 13.1 Å². The lowest BCUT2D eigenvalue weighted by atomic mass is 9.88. The fourth-order valence-corrected chi connectivity index (χ4v) is 3.34. The number of Topliss-reactive ketones (excluding diaryl/α,β-unsaturated/α-hetero) is 1. The fourth-order valence-electron chi connectivity index (χ4n) is 3.34. The third-order valence-corrected chi connectivity index (χ3v) is 4.46. The maximum absolute atomic E-state index is 11.5. The molecule has 0 spiro atoms. The molecule has 1 fully saturated rings. The van der Waals surface area contributed by atoms with Crippen LogP contribution in [0.2, 0.25) is 0 Å². The van der Waals surface area contributed by atoms with Gasteiger partial charge in [-0.15, -0.1) is 0 Å². The van der Waals surface area contributed by atoms with Gasteiger partial charge in [-0.05, 0) is 55.0 Å². The zero-order valence-electron chi connectivity index (χ0n) is 12.1. The smallest absolute Gasteiger partial charge is 0.133 e. The summed E-state index contributed by atoms with van der Waals surface area (Å²) >= 11 is 0. The van der Waals surface area contributed by atoms with Crippen molar-refractivity contribution in [3.63, 3.8) is 0 Å². The van der Waals surface area contributed by atoms with Gasteiger partial charge in [0.2, 0.25) is 0 Å². The molecule has 106 valence electrons. The highest BCUT2D eigenvalue weighted by atomic mass is 16.1. The zero-order valence-corrected chi connectivity index (χ0v) is 12.1. The molecule has 3 aliphatic rings. The predicted molar refractivity (Wildman–Crippen MR) is 82.2 cm³/mol. The molecule has 1 heterocycles. The van der Waals surface area contributed by atoms with Gasteiger partial charge in [-0.1, -0.05) is 24.3 Å². The standard InChI is InChI=1S/C18H23NO/c20-18-8-4-5-15(13-18)14-19-11-9-17(10-12-19)16-6-2-1-3-7-16/h1-2,7,9-11,15H,3-6,8,12-14H2. The fraction of sp³-hybridized carbons (Fsp3) is 0.500. The Balaban J connectivity index is 1.53. The Morgan fingerprint density at radius 1 is 1.25 bits per heavy atom. The highest BCUT2D eigenvalue weighted by molar-refractivity contribution is 5.79. The second kappa shape index (κ2) is 6.25. The van der Waals surface area contributed by atoms with Crippen molar-refractivity contribution >= 4 is 5.78 Å². The molecule has 0 saturated heterocycles. The molecule has 0 aromatic rings. The first kappa shape index (κ1) is 13.4. The van der Waals surface area contributed by atoms with Crippen LogP contribution in [0.3, 0.4) is 0 Å². The Labute approximate surface area is 121 Å². The minimum absolute atomic E-state index is 0.456. The van der Waals surface area contributed by atoms with Gasteiger partial charge in [0, 0.05) is 25.9 Å². The van der Waals surface area contributed by atoms with E-state index in [1.165, 1.54) is 17.6 Å². The number of nitrogens with zero attached hydrogens (tertiary/aromatic N) is 1. The van der Waals surface area contributed by atoms with Crippen molar-refractivity contribution in [1.29, 1.82) is 0 Å². The van der Waals surface area contributed by atoms with Crippen molar-refractivity contribution in [2.24, 2.45) is 5.92 Å². The SMILES string of the molecule is O=C1CCCC(CN2C=CC(C3=CCC=CC3)=CC2)C1. The quantitative estimate of drug-likeness (QED) is 0.727. The average Bonchev–Trinajstić information content (AvgIpc) is 2.49. The molecule has 0 aromatic carbocycles. The average molecular weight is 269 g/mol. The first-order chi connectivity index (χ1) is 9.81. The molecule has 1 aliphatic heterocycles. The van der Waals surface area contributed by atoms with E-state index in [0.29, 0.717) is 11.7 Å². The van der Waals surface area contributed by atoms with E-state index in [4.69, 9.17) is 0 Å². The van der Waals surface area contributed by atoms with Crippen molar-refractivity contribution in [1.82, 2.24) is 4.90 Å². The monoisotopic (exact) mass is 269 g/mol. The van der Waals surface area contributed by atoms with Crippen LogP contribution < -0.4 is 0 Å². The van der Waals surface area contributed by atoms with E-state index in [0.717, 1.165) is 45.2 Å². The van der Waals surface area contributed by atoms with Crippen molar-refractivity contribution in [3.05, 3.63) is 47.7 Å². The molecular weight excluding hydrogens is 246 g/mol. The number of hydrogen-bond acceptors (Lipinski definition) is 2. The molecule has 2 nitrogen and oxygen atoms in total. The van der Waals surface area contributed by atoms with Crippen LogP contribution in [0.4, 0.5) is 0 Å². The largest absolute Gasteiger partial charge is 0.373 e. The van der Waals surface area contributed by atoms with Crippen LogP contribution in [0.5, 0.6) is 0 Å². The van der Waals surface area contributed by atoms with Gasteiger partial charge in [-0.3, -0.25) is 4.79 Å². The molecule has 3 rings (SSSR count). The highest BCUT2D eigenvalue weighted by Gasteiger charge is 2.21. The summed E-state index contributed by atoms with van der Waals surface area (Å²) in [6.07, 6.45) is 19.6. The maximum Gasteiger partial charge on any atom is 0.133 e. The number of ketones is 1. The third-order valence-electron chi connectivity index (χ3n) is 4.46. The number of carbonyl (C=O) groups is 1. The van der Waals surface area contributed by atoms with Gasteiger partial charge < -0.3 is 4.90 Å². The molecule has 20 heavy (non-hydrogen) atoms. The summed E-state index contributed by atoms with van der Waals surface area (Å²) in [7, 11) is 0. The van der Waals surface area contributed by atoms with Crippen LogP contribution in [0.25, 0.3) is 0 Å². The number of rotatable bonds is 3. The maximum atomic E-state index is 11.5. The Bertz CT molecular complexity index is 496. The lowest BCUT2D eigenvalue weighted by Gasteiger charge is -2.29. The van der Waals surface area contributed by atoms with Crippen LogP contribution in [-0.4, -0.2) is 23.8 Å². The molecule has 1 saturated carbocycles. The van der Waals surface area contributed by atoms with E-state index >= 15 is 0 Å². The van der Waals surface area contributed by atoms with Crippen molar-refractivity contribution in [2.45, 2.75) is 38.5 Å². The summed E-state index contributed by atoms with van der Waals surface area (Å²) in [6.45, 7) is 2.02. The molecule has 0 aromatic heterocycles. The van der Waals surface area contributed by atoms with E-state index in [1.807, 2.05) is 0 Å². The van der Waals surface area contributed by atoms with Crippen molar-refractivity contribution < 1.29 is 4.79 Å². The van der Waals surface area contributed by atoms with Gasteiger partial charge in [0.25, 0.3) is 0 Å². The lowest BCUT2D eigenvalue weighted by molar-refractivity contribution is -0.121. The normalized spacial score (nSPS) is 26.5. The molecule has 2 heteroatoms. The van der Waals surface area contributed by atoms with Gasteiger partial charge in [0.1, 0.15) is 5.78 Å². The van der Waals surface area contributed by atoms with Gasteiger partial charge in [0.05, 0.1) is 0 Å². The number of allylic oxidation sites excluding steroid dienone is 6. The Kier molecular flexibility index (Phi) is 4.19. The summed E-state index contributed by atoms with van der Waals surface area (Å²) in [5, 5.41) is 0. The Hall–Kier alpha value is -1.57. The van der Waals surface area contributed by atoms with Crippen LogP contribution >= 0.6 is 0 Å². The van der Waals surface area contributed by atoms with Gasteiger partial charge in [0.15, 0.2) is 0 Å². The third kappa shape index (κ3) is 3.30. The van der Waals surface area contributed by atoms with E-state index < -0.39 is 0 Å². The molecule has 0 radical (unpaired) electrons. The minimum Gasteiger partial charge on any atom is -0.373 e. The summed E-state index contributed by atoms with van der Waals surface area (Å²) in [6, 6.07) is 0. The van der Waals surface area contributed by atoms with Crippen LogP contribution in [0.15, 0.2) is 47.7 Å². The van der Waals surface area contributed by atoms with Crippen LogP contribution in [0.1, 0.15) is 38.5 Å². The molecule has 0 amide bonds. The van der Waals surface area contributed by atoms with Crippen LogP contribution in [-0.2, 0) is 4.79 Å². The van der Waals surface area contributed by atoms with E-state index in [9.17, 15) is 4.79 Å². The first-order valence-electron chi connectivity index (χ1n) is 7.80. The summed E-state index contributed by atoms with van der Waals surface area (Å²) in [5.41, 5.74) is 2.83. The highest BCUT2D eigenvalue weighted by Crippen LogP contribution is 2.26. The van der Waals surface area contributed by atoms with Gasteiger partial charge in [-0.2, -0.15) is 0 Å². The number of hydrogen-bond donors (Lipinski definition) is 0. The Morgan fingerprint density at radius 3 is 2.90 bits per heavy atom. The first-order valence-corrected chi connectivity index (χ1v) is 7.80. The van der Waals surface area contributed by atoms with E-state index in [1.54, 1.807) is 0 Å². The lowest BCUT2D eigenvalue weighted by Crippen LogP contribution is -2.30. The molecule has 0 N–H and O–H groups in total. The van der Waals surface area contributed by atoms with Gasteiger partial charge in [-0.25, -0.2) is 0 Å². The molecule has 1 unspecified atom stereocenters. The molecule has 0 bridgehead atoms. The topological polar surface area (TPSA) is 20.3 Å². The minimum atomic E-state index is 0.456. The zero-order chi connectivity index (χ0) is 13.8. The van der Waals surface area contributed by atoms with Gasteiger partial charge >= 0.3 is 0 Å². The summed E-state index contributed by atoms with van der Waals surface area (Å²) < 4.78 is 0. The molecular formula is C18H23NO. The van der Waals surface area contributed by atoms with Crippen LogP contribution in [0, 0.1) is 5.92 Å². The number of carbonyl (C=O) groups excluding carboxylic acids is 1. The molecule has 1 atom stereocenters.